The largest absolute Gasteiger partial charge is 0.444 e. The fraction of sp³-hybridized carbons (Fsp3) is 0.308. The summed E-state index contributed by atoms with van der Waals surface area (Å²) in [6.07, 6.45) is 4.72. The fourth-order valence-electron chi connectivity index (χ4n) is 1.21. The molecule has 4 heteroatoms. The molecule has 4 nitrogen and oxygen atoms in total. The Balaban J connectivity index is 2.83. The van der Waals surface area contributed by atoms with Crippen LogP contribution in [-0.4, -0.2) is 11.7 Å². The molecule has 1 amide bonds. The van der Waals surface area contributed by atoms with Crippen LogP contribution in [0.4, 0.5) is 16.2 Å². The van der Waals surface area contributed by atoms with Crippen LogP contribution in [0.25, 0.3) is 0 Å². The number of para-hydroxylation sites is 1. The highest BCUT2D eigenvalue weighted by molar-refractivity contribution is 5.90. The fourth-order valence-corrected chi connectivity index (χ4v) is 1.21. The Morgan fingerprint density at radius 1 is 1.47 bits per heavy atom. The summed E-state index contributed by atoms with van der Waals surface area (Å²) in [6, 6.07) is 5.09. The van der Waals surface area contributed by atoms with Crippen molar-refractivity contribution in [1.82, 2.24) is 0 Å². The Morgan fingerprint density at radius 2 is 2.12 bits per heavy atom. The van der Waals surface area contributed by atoms with Crippen LogP contribution in [-0.2, 0) is 4.74 Å². The SMILES string of the molecule is C#Cc1cccc(NC(=O)OC(C)(C)C)c1N. The molecule has 1 aromatic rings. The van der Waals surface area contributed by atoms with E-state index in [9.17, 15) is 4.79 Å². The zero-order valence-electron chi connectivity index (χ0n) is 10.2. The Kier molecular flexibility index (Phi) is 3.64. The molecule has 0 radical (unpaired) electrons. The third-order valence-electron chi connectivity index (χ3n) is 1.90. The first-order chi connectivity index (χ1) is 7.83. The number of ether oxygens (including phenoxy) is 1. The number of benzene rings is 1. The van der Waals surface area contributed by atoms with Crippen LogP contribution < -0.4 is 11.1 Å². The van der Waals surface area contributed by atoms with Gasteiger partial charge in [0.15, 0.2) is 0 Å². The molecule has 17 heavy (non-hydrogen) atoms. The lowest BCUT2D eigenvalue weighted by Gasteiger charge is -2.20. The van der Waals surface area contributed by atoms with Gasteiger partial charge >= 0.3 is 6.09 Å². The number of nitrogen functional groups attached to an aromatic ring is 1. The number of anilines is 2. The van der Waals surface area contributed by atoms with E-state index in [1.54, 1.807) is 39.0 Å². The molecule has 3 N–H and O–H groups in total. The van der Waals surface area contributed by atoms with Gasteiger partial charge in [-0.3, -0.25) is 5.32 Å². The molecule has 0 aliphatic carbocycles. The summed E-state index contributed by atoms with van der Waals surface area (Å²) < 4.78 is 5.11. The molecule has 0 unspecified atom stereocenters. The molecule has 0 saturated heterocycles. The van der Waals surface area contributed by atoms with Crippen LogP contribution in [0.15, 0.2) is 18.2 Å². The second-order valence-corrected chi connectivity index (χ2v) is 4.54. The summed E-state index contributed by atoms with van der Waals surface area (Å²) >= 11 is 0. The van der Waals surface area contributed by atoms with E-state index in [-0.39, 0.29) is 0 Å². The van der Waals surface area contributed by atoms with Crippen LogP contribution >= 0.6 is 0 Å². The number of rotatable bonds is 1. The minimum Gasteiger partial charge on any atom is -0.444 e. The minimum atomic E-state index is -0.557. The van der Waals surface area contributed by atoms with Gasteiger partial charge in [0.05, 0.1) is 11.4 Å². The molecule has 0 aromatic heterocycles. The number of hydrogen-bond acceptors (Lipinski definition) is 3. The van der Waals surface area contributed by atoms with Crippen molar-refractivity contribution in [2.75, 3.05) is 11.1 Å². The highest BCUT2D eigenvalue weighted by atomic mass is 16.6. The maximum atomic E-state index is 11.5. The molecule has 0 saturated carbocycles. The zero-order chi connectivity index (χ0) is 13.1. The number of terminal acetylenes is 1. The quantitative estimate of drug-likeness (QED) is 0.577. The van der Waals surface area contributed by atoms with Gasteiger partial charge < -0.3 is 10.5 Å². The second kappa shape index (κ2) is 4.79. The van der Waals surface area contributed by atoms with Gasteiger partial charge in [-0.05, 0) is 32.9 Å². The number of nitrogens with one attached hydrogen (secondary N) is 1. The van der Waals surface area contributed by atoms with Crippen molar-refractivity contribution in [3.63, 3.8) is 0 Å². The lowest BCUT2D eigenvalue weighted by atomic mass is 10.1. The summed E-state index contributed by atoms with van der Waals surface area (Å²) in [5, 5.41) is 2.56. The predicted molar refractivity (Wildman–Crippen MR) is 68.6 cm³/mol. The maximum Gasteiger partial charge on any atom is 0.412 e. The molecule has 1 rings (SSSR count). The van der Waals surface area contributed by atoms with Crippen LogP contribution in [0, 0.1) is 12.3 Å². The molecule has 0 aliphatic heterocycles. The van der Waals surface area contributed by atoms with Gasteiger partial charge in [-0.25, -0.2) is 4.79 Å². The lowest BCUT2D eigenvalue weighted by molar-refractivity contribution is 0.0636. The van der Waals surface area contributed by atoms with Crippen molar-refractivity contribution in [3.8, 4) is 12.3 Å². The molecule has 0 heterocycles. The Bertz CT molecular complexity index is 467. The number of hydrogen-bond donors (Lipinski definition) is 2. The van der Waals surface area contributed by atoms with E-state index in [0.29, 0.717) is 16.9 Å². The van der Waals surface area contributed by atoms with Crippen molar-refractivity contribution in [3.05, 3.63) is 23.8 Å². The molecule has 0 spiro atoms. The van der Waals surface area contributed by atoms with Gasteiger partial charge in [0.1, 0.15) is 5.60 Å². The van der Waals surface area contributed by atoms with Crippen molar-refractivity contribution in [2.45, 2.75) is 26.4 Å². The van der Waals surface area contributed by atoms with Gasteiger partial charge in [-0.15, -0.1) is 6.42 Å². The van der Waals surface area contributed by atoms with E-state index in [2.05, 4.69) is 11.2 Å². The van der Waals surface area contributed by atoms with Crippen molar-refractivity contribution < 1.29 is 9.53 Å². The molecule has 0 bridgehead atoms. The molecule has 1 aromatic carbocycles. The van der Waals surface area contributed by atoms with E-state index in [1.165, 1.54) is 0 Å². The molecule has 0 fully saturated rings. The summed E-state index contributed by atoms with van der Waals surface area (Å²) in [6.45, 7) is 5.36. The van der Waals surface area contributed by atoms with Crippen LogP contribution in [0.5, 0.6) is 0 Å². The number of nitrogens with two attached hydrogens (primary N) is 1. The van der Waals surface area contributed by atoms with Crippen LogP contribution in [0.1, 0.15) is 26.3 Å². The summed E-state index contributed by atoms with van der Waals surface area (Å²) in [5.74, 6) is 2.44. The number of carbonyl (C=O) groups excluding carboxylic acids is 1. The smallest absolute Gasteiger partial charge is 0.412 e. The van der Waals surface area contributed by atoms with Gasteiger partial charge in [0.2, 0.25) is 0 Å². The first kappa shape index (κ1) is 12.9. The Labute approximate surface area is 101 Å². The average molecular weight is 232 g/mol. The summed E-state index contributed by atoms with van der Waals surface area (Å²) in [7, 11) is 0. The van der Waals surface area contributed by atoms with Crippen LogP contribution in [0.2, 0.25) is 0 Å². The van der Waals surface area contributed by atoms with Crippen LogP contribution in [0.3, 0.4) is 0 Å². The van der Waals surface area contributed by atoms with Crippen molar-refractivity contribution in [2.24, 2.45) is 0 Å². The molecule has 0 atom stereocenters. The number of carbonyl (C=O) groups is 1. The normalized spacial score (nSPS) is 10.5. The summed E-state index contributed by atoms with van der Waals surface area (Å²) in [4.78, 5) is 11.5. The second-order valence-electron chi connectivity index (χ2n) is 4.54. The van der Waals surface area contributed by atoms with E-state index < -0.39 is 11.7 Å². The third kappa shape index (κ3) is 3.72. The molecular weight excluding hydrogens is 216 g/mol. The standard InChI is InChI=1S/C13H16N2O2/c1-5-9-7-6-8-10(11(9)14)15-12(16)17-13(2,3)4/h1,6-8H,14H2,2-4H3,(H,15,16). The van der Waals surface area contributed by atoms with Gasteiger partial charge in [-0.1, -0.05) is 12.0 Å². The lowest BCUT2D eigenvalue weighted by Crippen LogP contribution is -2.27. The maximum absolute atomic E-state index is 11.5. The van der Waals surface area contributed by atoms with Gasteiger partial charge in [0, 0.05) is 5.56 Å². The molecule has 90 valence electrons. The third-order valence-corrected chi connectivity index (χ3v) is 1.90. The Morgan fingerprint density at radius 3 is 2.65 bits per heavy atom. The van der Waals surface area contributed by atoms with E-state index in [1.807, 2.05) is 0 Å². The summed E-state index contributed by atoms with van der Waals surface area (Å²) in [5.41, 5.74) is 6.60. The van der Waals surface area contributed by atoms with E-state index >= 15 is 0 Å². The highest BCUT2D eigenvalue weighted by Gasteiger charge is 2.17. The first-order valence-electron chi connectivity index (χ1n) is 5.18. The van der Waals surface area contributed by atoms with Crippen molar-refractivity contribution >= 4 is 17.5 Å². The zero-order valence-corrected chi connectivity index (χ0v) is 10.2. The van der Waals surface area contributed by atoms with Crippen molar-refractivity contribution in [1.29, 1.82) is 0 Å². The van der Waals surface area contributed by atoms with E-state index in [0.717, 1.165) is 0 Å². The van der Waals surface area contributed by atoms with Gasteiger partial charge in [-0.2, -0.15) is 0 Å². The monoisotopic (exact) mass is 232 g/mol. The topological polar surface area (TPSA) is 64.3 Å². The van der Waals surface area contributed by atoms with E-state index in [4.69, 9.17) is 16.9 Å². The minimum absolute atomic E-state index is 0.362. The Hall–Kier alpha value is -2.15. The molecule has 0 aliphatic rings. The van der Waals surface area contributed by atoms with Gasteiger partial charge in [0.25, 0.3) is 0 Å². The molecular formula is C13H16N2O2. The first-order valence-corrected chi connectivity index (χ1v) is 5.18. The average Bonchev–Trinajstić information content (AvgIpc) is 2.18. The highest BCUT2D eigenvalue weighted by Crippen LogP contribution is 2.22. The number of amides is 1. The predicted octanol–water partition coefficient (Wildman–Crippen LogP) is 2.60.